The average molecular weight is 328 g/mol. The van der Waals surface area contributed by atoms with Crippen molar-refractivity contribution in [2.24, 2.45) is 0 Å². The molecule has 0 aliphatic rings. The van der Waals surface area contributed by atoms with E-state index in [0.717, 1.165) is 10.0 Å². The van der Waals surface area contributed by atoms with E-state index in [4.69, 9.17) is 10.00 Å². The highest BCUT2D eigenvalue weighted by Crippen LogP contribution is 2.17. The van der Waals surface area contributed by atoms with Crippen LogP contribution in [0, 0.1) is 11.3 Å². The number of hydrogen-bond donors (Lipinski definition) is 0. The maximum atomic E-state index is 11.9. The Hall–Kier alpha value is -2.38. The molecule has 0 saturated heterocycles. The van der Waals surface area contributed by atoms with Crippen LogP contribution in [0.3, 0.4) is 0 Å². The molecule has 3 nitrogen and oxygen atoms in total. The van der Waals surface area contributed by atoms with Crippen molar-refractivity contribution in [3.05, 3.63) is 70.2 Å². The molecule has 0 spiro atoms. The molecular formula is C16H10BrNO2. The molecule has 4 heteroatoms. The average Bonchev–Trinajstić information content (AvgIpc) is 2.48. The summed E-state index contributed by atoms with van der Waals surface area (Å²) in [5, 5.41) is 9.05. The van der Waals surface area contributed by atoms with Crippen molar-refractivity contribution in [1.29, 1.82) is 5.26 Å². The number of halogens is 1. The minimum absolute atomic E-state index is 0.0425. The van der Waals surface area contributed by atoms with E-state index in [2.05, 4.69) is 15.9 Å². The van der Waals surface area contributed by atoms with Crippen molar-refractivity contribution < 1.29 is 9.53 Å². The van der Waals surface area contributed by atoms with Crippen LogP contribution in [0.2, 0.25) is 0 Å². The van der Waals surface area contributed by atoms with Crippen LogP contribution in [0.1, 0.15) is 5.56 Å². The lowest BCUT2D eigenvalue weighted by molar-refractivity contribution is -0.129. The van der Waals surface area contributed by atoms with Gasteiger partial charge < -0.3 is 4.74 Å². The maximum absolute atomic E-state index is 11.9. The molecule has 2 aromatic carbocycles. The lowest BCUT2D eigenvalue weighted by Crippen LogP contribution is -2.10. The molecule has 0 bridgehead atoms. The predicted octanol–water partition coefficient (Wildman–Crippen LogP) is 3.96. The van der Waals surface area contributed by atoms with Gasteiger partial charge in [0.15, 0.2) is 0 Å². The molecule has 98 valence electrons. The van der Waals surface area contributed by atoms with E-state index in [1.165, 1.54) is 6.08 Å². The first-order valence-corrected chi connectivity index (χ1v) is 6.63. The first kappa shape index (κ1) is 14.0. The van der Waals surface area contributed by atoms with Crippen LogP contribution in [0.4, 0.5) is 0 Å². The second-order valence-corrected chi connectivity index (χ2v) is 4.84. The maximum Gasteiger partial charge on any atom is 0.354 e. The van der Waals surface area contributed by atoms with Gasteiger partial charge in [-0.1, -0.05) is 46.3 Å². The largest absolute Gasteiger partial charge is 0.422 e. The lowest BCUT2D eigenvalue weighted by Gasteiger charge is -2.03. The first-order chi connectivity index (χ1) is 9.69. The van der Waals surface area contributed by atoms with Crippen LogP contribution in [-0.4, -0.2) is 5.97 Å². The Balaban J connectivity index is 2.16. The number of nitrogens with zero attached hydrogens (tertiary/aromatic N) is 1. The Kier molecular flexibility index (Phi) is 4.70. The van der Waals surface area contributed by atoms with Gasteiger partial charge in [0.2, 0.25) is 0 Å². The fourth-order valence-electron chi connectivity index (χ4n) is 1.52. The van der Waals surface area contributed by atoms with Crippen LogP contribution >= 0.6 is 15.9 Å². The van der Waals surface area contributed by atoms with Crippen LogP contribution in [-0.2, 0) is 4.79 Å². The normalized spacial score (nSPS) is 10.7. The molecule has 0 heterocycles. The zero-order valence-electron chi connectivity index (χ0n) is 10.4. The van der Waals surface area contributed by atoms with Crippen molar-refractivity contribution in [3.8, 4) is 11.8 Å². The number of carbonyl (C=O) groups excluding carboxylic acids is 1. The predicted molar refractivity (Wildman–Crippen MR) is 79.8 cm³/mol. The molecule has 0 radical (unpaired) electrons. The van der Waals surface area contributed by atoms with Crippen molar-refractivity contribution in [3.63, 3.8) is 0 Å². The van der Waals surface area contributed by atoms with Gasteiger partial charge in [-0.15, -0.1) is 0 Å². The molecule has 2 rings (SSSR count). The molecular weight excluding hydrogens is 318 g/mol. The topological polar surface area (TPSA) is 50.1 Å². The molecule has 20 heavy (non-hydrogen) atoms. The summed E-state index contributed by atoms with van der Waals surface area (Å²) in [4.78, 5) is 11.9. The minimum Gasteiger partial charge on any atom is -0.422 e. The van der Waals surface area contributed by atoms with E-state index >= 15 is 0 Å². The molecule has 2 aromatic rings. The second-order valence-electron chi connectivity index (χ2n) is 3.92. The summed E-state index contributed by atoms with van der Waals surface area (Å²) in [6, 6.07) is 17.8. The molecule has 0 amide bonds. The molecule has 0 aromatic heterocycles. The number of nitriles is 1. The number of benzene rings is 2. The second kappa shape index (κ2) is 6.69. The van der Waals surface area contributed by atoms with Gasteiger partial charge in [0, 0.05) is 4.47 Å². The van der Waals surface area contributed by atoms with Gasteiger partial charge in [0.05, 0.1) is 0 Å². The number of hydrogen-bond acceptors (Lipinski definition) is 3. The molecule has 0 atom stereocenters. The Bertz CT molecular complexity index is 670. The van der Waals surface area contributed by atoms with Crippen LogP contribution in [0.15, 0.2) is 64.6 Å². The van der Waals surface area contributed by atoms with Crippen molar-refractivity contribution in [1.82, 2.24) is 0 Å². The van der Waals surface area contributed by atoms with Gasteiger partial charge in [-0.2, -0.15) is 5.26 Å². The fourth-order valence-corrected chi connectivity index (χ4v) is 1.78. The Morgan fingerprint density at radius 2 is 1.75 bits per heavy atom. The molecule has 0 unspecified atom stereocenters. The molecule has 0 fully saturated rings. The molecule has 0 aliphatic heterocycles. The standard InChI is InChI=1S/C16H10BrNO2/c17-14-6-8-15(9-7-14)20-16(19)13(11-18)10-12-4-2-1-3-5-12/h1-10H. The molecule has 0 aliphatic carbocycles. The highest BCUT2D eigenvalue weighted by atomic mass is 79.9. The highest BCUT2D eigenvalue weighted by molar-refractivity contribution is 9.10. The third-order valence-electron chi connectivity index (χ3n) is 2.48. The van der Waals surface area contributed by atoms with Gasteiger partial charge in [-0.3, -0.25) is 0 Å². The Labute approximate surface area is 125 Å². The molecule has 0 saturated carbocycles. The number of ether oxygens (including phenoxy) is 1. The van der Waals surface area contributed by atoms with Crippen molar-refractivity contribution >= 4 is 28.0 Å². The van der Waals surface area contributed by atoms with Crippen LogP contribution < -0.4 is 4.74 Å². The smallest absolute Gasteiger partial charge is 0.354 e. The number of carbonyl (C=O) groups is 1. The van der Waals surface area contributed by atoms with Gasteiger partial charge in [0.25, 0.3) is 0 Å². The summed E-state index contributed by atoms with van der Waals surface area (Å²) in [5.41, 5.74) is 0.732. The Morgan fingerprint density at radius 3 is 2.35 bits per heavy atom. The number of rotatable bonds is 3. The van der Waals surface area contributed by atoms with E-state index in [1.54, 1.807) is 24.3 Å². The fraction of sp³-hybridized carbons (Fsp3) is 0. The van der Waals surface area contributed by atoms with E-state index in [0.29, 0.717) is 5.75 Å². The van der Waals surface area contributed by atoms with Gasteiger partial charge in [-0.05, 0) is 35.9 Å². The lowest BCUT2D eigenvalue weighted by atomic mass is 10.1. The quantitative estimate of drug-likeness (QED) is 0.371. The third kappa shape index (κ3) is 3.81. The summed E-state index contributed by atoms with van der Waals surface area (Å²) in [6.07, 6.45) is 1.50. The monoisotopic (exact) mass is 327 g/mol. The summed E-state index contributed by atoms with van der Waals surface area (Å²) in [7, 11) is 0. The zero-order chi connectivity index (χ0) is 14.4. The summed E-state index contributed by atoms with van der Waals surface area (Å²) < 4.78 is 6.03. The van der Waals surface area contributed by atoms with Crippen molar-refractivity contribution in [2.45, 2.75) is 0 Å². The minimum atomic E-state index is -0.668. The third-order valence-corrected chi connectivity index (χ3v) is 3.00. The summed E-state index contributed by atoms with van der Waals surface area (Å²) in [6.45, 7) is 0. The van der Waals surface area contributed by atoms with Gasteiger partial charge >= 0.3 is 5.97 Å². The Morgan fingerprint density at radius 1 is 1.10 bits per heavy atom. The van der Waals surface area contributed by atoms with E-state index in [-0.39, 0.29) is 5.57 Å². The van der Waals surface area contributed by atoms with E-state index in [1.807, 2.05) is 36.4 Å². The zero-order valence-corrected chi connectivity index (χ0v) is 12.0. The summed E-state index contributed by atoms with van der Waals surface area (Å²) >= 11 is 3.29. The first-order valence-electron chi connectivity index (χ1n) is 5.83. The summed E-state index contributed by atoms with van der Waals surface area (Å²) in [5.74, 6) is -0.272. The van der Waals surface area contributed by atoms with E-state index in [9.17, 15) is 4.79 Å². The number of esters is 1. The van der Waals surface area contributed by atoms with Crippen LogP contribution in [0.25, 0.3) is 6.08 Å². The van der Waals surface area contributed by atoms with E-state index < -0.39 is 5.97 Å². The molecule has 0 N–H and O–H groups in total. The van der Waals surface area contributed by atoms with Crippen molar-refractivity contribution in [2.75, 3.05) is 0 Å². The SMILES string of the molecule is N#CC(=Cc1ccccc1)C(=O)Oc1ccc(Br)cc1. The van der Waals surface area contributed by atoms with Gasteiger partial charge in [0.1, 0.15) is 17.4 Å². The highest BCUT2D eigenvalue weighted by Gasteiger charge is 2.11. The van der Waals surface area contributed by atoms with Gasteiger partial charge in [-0.25, -0.2) is 4.79 Å². The van der Waals surface area contributed by atoms with Crippen LogP contribution in [0.5, 0.6) is 5.75 Å².